The molecule has 0 aliphatic carbocycles. The SMILES string of the molecule is O.O.O.O.O.O.O.O.O.O.O.O.O.O.O.O.O.O.O.O.O.O.O.O.O.O.O.O.O.O.O.O.O.O.O.O.O.O.O.O.O.O.O.O.O.O.O.O.O.O.[I][Sm][I]. The van der Waals surface area contributed by atoms with Gasteiger partial charge in [-0.1, -0.05) is 0 Å². The van der Waals surface area contributed by atoms with Gasteiger partial charge in [0, 0.05) is 0 Å². The second-order valence-corrected chi connectivity index (χ2v) is 19.5. The zero-order chi connectivity index (χ0) is 2.71. The molecule has 0 unspecified atom stereocenters. The summed E-state index contributed by atoms with van der Waals surface area (Å²) in [5.74, 6) is 0. The monoisotopic (exact) mass is 1310 g/mol. The van der Waals surface area contributed by atoms with Gasteiger partial charge in [0.05, 0.1) is 0 Å². The second-order valence-electron chi connectivity index (χ2n) is 0.0583. The van der Waals surface area contributed by atoms with E-state index in [1.165, 1.54) is 0 Å². The molecule has 420 valence electrons. The quantitative estimate of drug-likeness (QED) is 0.204. The van der Waals surface area contributed by atoms with Crippen molar-refractivity contribution in [1.82, 2.24) is 0 Å². The predicted molar refractivity (Wildman–Crippen MR) is 209 cm³/mol. The Kier molecular flexibility index (Phi) is 15800000. The van der Waals surface area contributed by atoms with Crippen molar-refractivity contribution < 1.29 is 299 Å². The Morgan fingerprint density at radius 3 is 0.0943 bits per heavy atom. The molecule has 0 aromatic rings. The average Bonchev–Trinajstić information content (AvgIpc) is 0.918. The zero-order valence-electron chi connectivity index (χ0n) is 26.2. The summed E-state index contributed by atoms with van der Waals surface area (Å²) in [7, 11) is 0. The van der Waals surface area contributed by atoms with E-state index in [2.05, 4.69) is 28.6 Å². The van der Waals surface area contributed by atoms with Crippen LogP contribution in [0.2, 0.25) is 0 Å². The van der Waals surface area contributed by atoms with Gasteiger partial charge in [0.15, 0.2) is 0 Å². The Morgan fingerprint density at radius 1 is 0.0943 bits per heavy atom. The summed E-state index contributed by atoms with van der Waals surface area (Å²) in [4.78, 5) is 0. The van der Waals surface area contributed by atoms with Gasteiger partial charge in [-0.3, -0.25) is 0 Å². The van der Waals surface area contributed by atoms with Crippen LogP contribution in [-0.2, 0) is 0 Å². The summed E-state index contributed by atoms with van der Waals surface area (Å²) in [6.07, 6.45) is 0. The Hall–Kier alpha value is 0.798. The molecule has 0 aliphatic rings. The van der Waals surface area contributed by atoms with Crippen LogP contribution in [0.5, 0.6) is 0 Å². The molecule has 50 nitrogen and oxygen atoms in total. The minimum atomic E-state index is 0. The number of hydrogen-bond acceptors (Lipinski definition) is 0. The minimum absolute atomic E-state index is 0. The first-order chi connectivity index (χ1) is 1.41. The van der Waals surface area contributed by atoms with Crippen molar-refractivity contribution in [2.75, 3.05) is 0 Å². The first-order valence-electron chi connectivity index (χ1n) is 0.309. The van der Waals surface area contributed by atoms with E-state index >= 15 is 0 Å². The summed E-state index contributed by atoms with van der Waals surface area (Å²) in [6.45, 7) is 0. The fourth-order valence-corrected chi connectivity index (χ4v) is 0. The third-order valence-electron chi connectivity index (χ3n) is 0. The van der Waals surface area contributed by atoms with Crippen molar-refractivity contribution in [2.45, 2.75) is 0 Å². The molecule has 0 fully saturated rings. The molecule has 0 aliphatic heterocycles. The Labute approximate surface area is 326 Å². The normalized spacial score (nSPS) is 0.340. The molecule has 0 saturated heterocycles. The van der Waals surface area contributed by atoms with Crippen LogP contribution < -0.4 is 0 Å². The Bertz CT molecular complexity index is 19.4. The van der Waals surface area contributed by atoms with E-state index in [-0.39, 0.29) is 299 Å². The van der Waals surface area contributed by atoms with Crippen LogP contribution in [0.25, 0.3) is 0 Å². The zero-order valence-corrected chi connectivity index (χ0v) is 33.1. The molecule has 0 aromatic carbocycles. The third kappa shape index (κ3) is 214000. The number of halogens is 2. The topological polar surface area (TPSA) is 1580 Å². The molecular formula is H100I2O50Sm. The van der Waals surface area contributed by atoms with Gasteiger partial charge in [-0.2, -0.15) is 0 Å². The van der Waals surface area contributed by atoms with E-state index in [0.29, 0.717) is 0 Å². The second kappa shape index (κ2) is 43800. The van der Waals surface area contributed by atoms with E-state index in [0.717, 1.165) is 0 Å². The number of hydrogen-bond donors (Lipinski definition) is 0. The van der Waals surface area contributed by atoms with E-state index in [4.69, 9.17) is 0 Å². The van der Waals surface area contributed by atoms with Gasteiger partial charge < -0.3 is 274 Å². The Balaban J connectivity index is -0.0000000000163. The van der Waals surface area contributed by atoms with Crippen LogP contribution in [-0.4, -0.2) is 274 Å². The van der Waals surface area contributed by atoms with Crippen molar-refractivity contribution in [2.24, 2.45) is 0 Å². The maximum atomic E-state index is 2.44. The van der Waals surface area contributed by atoms with Crippen molar-refractivity contribution in [3.05, 3.63) is 0 Å². The fourth-order valence-electron chi connectivity index (χ4n) is 0. The molecule has 53 heavy (non-hydrogen) atoms. The first-order valence-corrected chi connectivity index (χ1v) is 15.4. The maximum absolute atomic E-state index is 2.44. The summed E-state index contributed by atoms with van der Waals surface area (Å²) in [5.41, 5.74) is 0. The summed E-state index contributed by atoms with van der Waals surface area (Å²) in [5, 5.41) is 0. The molecule has 0 spiro atoms. The van der Waals surface area contributed by atoms with Crippen molar-refractivity contribution in [1.29, 1.82) is 0 Å². The van der Waals surface area contributed by atoms with E-state index in [1.807, 2.05) is 0 Å². The summed E-state index contributed by atoms with van der Waals surface area (Å²) < 4.78 is 0. The van der Waals surface area contributed by atoms with E-state index in [1.54, 1.807) is 0 Å². The standard InChI is InChI=1S/2HI.50H2O.Sm/h2*1H;50*1H2;/q;;;;;;;;;;;;;;;;;;;;;;;;;;;;;;;;;;;;;;;;;;;;;;;;;;;;+2/p-2. The molecule has 0 rings (SSSR count). The van der Waals surface area contributed by atoms with Crippen LogP contribution >= 0.6 is 28.6 Å². The van der Waals surface area contributed by atoms with Gasteiger partial charge in [-0.15, -0.1) is 0 Å². The van der Waals surface area contributed by atoms with Crippen molar-refractivity contribution in [3.8, 4) is 0 Å². The Morgan fingerprint density at radius 2 is 0.0943 bits per heavy atom. The average molecular weight is 1300 g/mol. The van der Waals surface area contributed by atoms with E-state index < -0.39 is 0 Å². The molecule has 0 saturated carbocycles. The van der Waals surface area contributed by atoms with Crippen molar-refractivity contribution >= 4 is 28.6 Å². The van der Waals surface area contributed by atoms with Gasteiger partial charge in [-0.25, -0.2) is 0 Å². The first kappa shape index (κ1) is 19200. The molecule has 0 aromatic heterocycles. The molecule has 0 radical (unpaired) electrons. The van der Waals surface area contributed by atoms with Crippen LogP contribution in [0.1, 0.15) is 0 Å². The molecule has 0 atom stereocenters. The third-order valence-corrected chi connectivity index (χ3v) is 0. The van der Waals surface area contributed by atoms with Crippen LogP contribution in [0, 0.1) is 25.5 Å². The van der Waals surface area contributed by atoms with Crippen LogP contribution in [0.15, 0.2) is 0 Å². The molecule has 0 amide bonds. The molecule has 53 heteroatoms. The molecule has 0 bridgehead atoms. The van der Waals surface area contributed by atoms with Gasteiger partial charge >= 0.3 is 54.0 Å². The fraction of sp³-hybridized carbons (Fsp3) is 0. The van der Waals surface area contributed by atoms with Gasteiger partial charge in [0.25, 0.3) is 0 Å². The molecule has 0 heterocycles. The van der Waals surface area contributed by atoms with Crippen LogP contribution in [0.3, 0.4) is 0 Å². The summed E-state index contributed by atoms with van der Waals surface area (Å²) >= 11 is 5.07. The van der Waals surface area contributed by atoms with Gasteiger partial charge in [0.2, 0.25) is 0 Å². The number of rotatable bonds is 0. The van der Waals surface area contributed by atoms with Crippen LogP contribution in [0.4, 0.5) is 0 Å². The van der Waals surface area contributed by atoms with Crippen molar-refractivity contribution in [3.63, 3.8) is 0 Å². The summed E-state index contributed by atoms with van der Waals surface area (Å²) in [6, 6.07) is 0. The predicted octanol–water partition coefficient (Wildman–Crippen LogP) is -39.5. The van der Waals surface area contributed by atoms with E-state index in [9.17, 15) is 0 Å². The molecular weight excluding hydrogens is 1200 g/mol. The van der Waals surface area contributed by atoms with Gasteiger partial charge in [0.1, 0.15) is 0 Å². The van der Waals surface area contributed by atoms with Gasteiger partial charge in [-0.05, 0) is 0 Å². The molecule has 100 N–H and O–H groups in total.